The molecule has 0 saturated carbocycles. The van der Waals surface area contributed by atoms with Gasteiger partial charge in [0.25, 0.3) is 0 Å². The van der Waals surface area contributed by atoms with Crippen molar-refractivity contribution in [1.29, 1.82) is 0 Å². The topological polar surface area (TPSA) is 47.1 Å². The molecule has 4 aliphatic rings. The summed E-state index contributed by atoms with van der Waals surface area (Å²) in [4.78, 5) is 10.2. The minimum Gasteiger partial charge on any atom is -0.494 e. The van der Waals surface area contributed by atoms with E-state index in [0.717, 1.165) is 93.2 Å². The first-order valence-electron chi connectivity index (χ1n) is 13.8. The molecule has 6 nitrogen and oxygen atoms in total. The fraction of sp³-hybridized carbons (Fsp3) is 0.500. The summed E-state index contributed by atoms with van der Waals surface area (Å²) in [5.74, 6) is 2.00. The molecule has 4 aliphatic heterocycles. The van der Waals surface area contributed by atoms with Gasteiger partial charge >= 0.3 is 0 Å². The molecule has 0 spiro atoms. The maximum Gasteiger partial charge on any atom is 0.134 e. The number of hydrogen-bond donors (Lipinski definition) is 0. The van der Waals surface area contributed by atoms with Gasteiger partial charge in [0, 0.05) is 53.9 Å². The van der Waals surface area contributed by atoms with Gasteiger partial charge in [0.05, 0.1) is 31.0 Å². The van der Waals surface area contributed by atoms with E-state index in [4.69, 9.17) is 19.2 Å². The maximum atomic E-state index is 6.43. The molecular weight excluding hydrogens is 450 g/mol. The Morgan fingerprint density at radius 3 is 2.72 bits per heavy atom. The molecule has 7 rings (SSSR count). The first-order valence-corrected chi connectivity index (χ1v) is 13.8. The maximum absolute atomic E-state index is 6.43. The zero-order valence-corrected chi connectivity index (χ0v) is 21.1. The minimum absolute atomic E-state index is 0.587. The van der Waals surface area contributed by atoms with Crippen LogP contribution in [0.4, 0.5) is 5.69 Å². The number of aromatic nitrogens is 1. The first kappa shape index (κ1) is 22.4. The molecular formula is C30H35N3O3. The van der Waals surface area contributed by atoms with E-state index < -0.39 is 0 Å². The predicted octanol–water partition coefficient (Wildman–Crippen LogP) is 4.98. The van der Waals surface area contributed by atoms with E-state index in [0.29, 0.717) is 6.61 Å². The van der Waals surface area contributed by atoms with E-state index >= 15 is 0 Å². The molecule has 0 radical (unpaired) electrons. The third-order valence-electron chi connectivity index (χ3n) is 8.21. The van der Waals surface area contributed by atoms with Crippen molar-refractivity contribution in [3.8, 4) is 22.8 Å². The summed E-state index contributed by atoms with van der Waals surface area (Å²) in [6, 6.07) is 10.9. The smallest absolute Gasteiger partial charge is 0.134 e. The van der Waals surface area contributed by atoms with Gasteiger partial charge in [0.1, 0.15) is 18.1 Å². The molecule has 0 unspecified atom stereocenters. The van der Waals surface area contributed by atoms with Crippen LogP contribution in [-0.2, 0) is 24.2 Å². The fourth-order valence-electron chi connectivity index (χ4n) is 6.41. The van der Waals surface area contributed by atoms with Crippen LogP contribution in [0.3, 0.4) is 0 Å². The number of ether oxygens (including phenoxy) is 3. The number of nitrogens with zero attached hydrogens (tertiary/aromatic N) is 3. The standard InChI is InChI=1S/C30H35N3O3/c1(9-32-12-15-34-16-13-32)2-14-35-24-7-8-27-22(18-24)17-23-20-36-30-25-6-4-11-33-10-3-5-21(29(25)33)19-26(30)28(23)31-27/h7-8,17-19H,1-6,9-16,20H2. The Kier molecular flexibility index (Phi) is 5.94. The van der Waals surface area contributed by atoms with Crippen molar-refractivity contribution in [2.24, 2.45) is 0 Å². The van der Waals surface area contributed by atoms with Gasteiger partial charge in [-0.15, -0.1) is 0 Å². The Hall–Kier alpha value is -2.83. The first-order chi connectivity index (χ1) is 17.8. The Morgan fingerprint density at radius 1 is 0.917 bits per heavy atom. The highest BCUT2D eigenvalue weighted by Crippen LogP contribution is 2.48. The molecule has 1 saturated heterocycles. The summed E-state index contributed by atoms with van der Waals surface area (Å²) in [6.45, 7) is 8.66. The molecule has 36 heavy (non-hydrogen) atoms. The molecule has 0 atom stereocenters. The lowest BCUT2D eigenvalue weighted by Gasteiger charge is -2.39. The van der Waals surface area contributed by atoms with Crippen LogP contribution in [-0.4, -0.2) is 62.4 Å². The molecule has 0 amide bonds. The van der Waals surface area contributed by atoms with Crippen LogP contribution in [0.1, 0.15) is 42.4 Å². The Bertz CT molecular complexity index is 1280. The van der Waals surface area contributed by atoms with Gasteiger partial charge in [-0.25, -0.2) is 4.98 Å². The average molecular weight is 486 g/mol. The van der Waals surface area contributed by atoms with Gasteiger partial charge in [-0.1, -0.05) is 0 Å². The normalized spacial score (nSPS) is 18.8. The number of rotatable bonds is 6. The van der Waals surface area contributed by atoms with Crippen molar-refractivity contribution in [3.63, 3.8) is 0 Å². The Balaban J connectivity index is 1.10. The van der Waals surface area contributed by atoms with E-state index in [1.165, 1.54) is 53.9 Å². The second-order valence-corrected chi connectivity index (χ2v) is 10.6. The second-order valence-electron chi connectivity index (χ2n) is 10.6. The van der Waals surface area contributed by atoms with Gasteiger partial charge in [-0.05, 0) is 81.0 Å². The lowest BCUT2D eigenvalue weighted by molar-refractivity contribution is 0.0368. The molecule has 3 aromatic rings. The zero-order chi connectivity index (χ0) is 23.9. The number of benzene rings is 2. The minimum atomic E-state index is 0.587. The van der Waals surface area contributed by atoms with Crippen molar-refractivity contribution in [1.82, 2.24) is 9.88 Å². The van der Waals surface area contributed by atoms with Crippen LogP contribution in [0.5, 0.6) is 11.5 Å². The van der Waals surface area contributed by atoms with Crippen LogP contribution < -0.4 is 14.4 Å². The summed E-state index contributed by atoms with van der Waals surface area (Å²) >= 11 is 0. The second kappa shape index (κ2) is 9.56. The molecule has 1 fully saturated rings. The molecule has 0 N–H and O–H groups in total. The molecule has 6 heteroatoms. The molecule has 2 aromatic carbocycles. The Labute approximate surface area is 213 Å². The zero-order valence-electron chi connectivity index (χ0n) is 21.1. The number of unbranched alkanes of at least 4 members (excludes halogenated alkanes) is 1. The molecule has 5 heterocycles. The van der Waals surface area contributed by atoms with Crippen LogP contribution in [0.25, 0.3) is 22.2 Å². The largest absolute Gasteiger partial charge is 0.494 e. The van der Waals surface area contributed by atoms with Crippen molar-refractivity contribution < 1.29 is 14.2 Å². The predicted molar refractivity (Wildman–Crippen MR) is 142 cm³/mol. The monoisotopic (exact) mass is 485 g/mol. The SMILES string of the molecule is c1cc2nc3c(cc2cc1OCCCCN1CCOCC1)COc1c-3cc2c3c1CCCN3CCC2. The van der Waals surface area contributed by atoms with Gasteiger partial charge in [0.15, 0.2) is 0 Å². The highest BCUT2D eigenvalue weighted by molar-refractivity contribution is 5.88. The van der Waals surface area contributed by atoms with Crippen LogP contribution in [0.15, 0.2) is 30.3 Å². The van der Waals surface area contributed by atoms with E-state index in [1.807, 2.05) is 0 Å². The number of fused-ring (bicyclic) bond motifs is 5. The van der Waals surface area contributed by atoms with Gasteiger partial charge in [-0.2, -0.15) is 0 Å². The number of hydrogen-bond acceptors (Lipinski definition) is 6. The third kappa shape index (κ3) is 4.10. The summed E-state index contributed by atoms with van der Waals surface area (Å²) in [5, 5.41) is 1.12. The van der Waals surface area contributed by atoms with Crippen molar-refractivity contribution in [2.75, 3.05) is 57.4 Å². The van der Waals surface area contributed by atoms with Crippen LogP contribution >= 0.6 is 0 Å². The quantitative estimate of drug-likeness (QED) is 0.459. The lowest BCUT2D eigenvalue weighted by Crippen LogP contribution is -2.36. The van der Waals surface area contributed by atoms with Crippen molar-refractivity contribution >= 4 is 16.6 Å². The third-order valence-corrected chi connectivity index (χ3v) is 8.21. The molecule has 0 bridgehead atoms. The average Bonchev–Trinajstić information content (AvgIpc) is 2.92. The highest BCUT2D eigenvalue weighted by atomic mass is 16.5. The number of anilines is 1. The summed E-state index contributed by atoms with van der Waals surface area (Å²) < 4.78 is 18.0. The summed E-state index contributed by atoms with van der Waals surface area (Å²) in [5.41, 5.74) is 8.84. The molecule has 188 valence electrons. The summed E-state index contributed by atoms with van der Waals surface area (Å²) in [7, 11) is 0. The van der Waals surface area contributed by atoms with E-state index in [-0.39, 0.29) is 0 Å². The van der Waals surface area contributed by atoms with E-state index in [2.05, 4.69) is 40.1 Å². The number of morpholine rings is 1. The van der Waals surface area contributed by atoms with Gasteiger partial charge in [0.2, 0.25) is 0 Å². The molecule has 1 aromatic heterocycles. The highest BCUT2D eigenvalue weighted by Gasteiger charge is 2.31. The van der Waals surface area contributed by atoms with Crippen molar-refractivity contribution in [3.05, 3.63) is 47.0 Å². The fourth-order valence-corrected chi connectivity index (χ4v) is 6.41. The summed E-state index contributed by atoms with van der Waals surface area (Å²) in [6.07, 6.45) is 6.93. The molecule has 0 aliphatic carbocycles. The lowest BCUT2D eigenvalue weighted by atomic mass is 9.86. The van der Waals surface area contributed by atoms with Crippen molar-refractivity contribution in [2.45, 2.75) is 45.1 Å². The van der Waals surface area contributed by atoms with Crippen LogP contribution in [0.2, 0.25) is 0 Å². The Morgan fingerprint density at radius 2 is 1.81 bits per heavy atom. The van der Waals surface area contributed by atoms with Crippen LogP contribution in [0, 0.1) is 0 Å². The van der Waals surface area contributed by atoms with Gasteiger partial charge in [-0.3, -0.25) is 4.90 Å². The van der Waals surface area contributed by atoms with E-state index in [1.54, 1.807) is 0 Å². The van der Waals surface area contributed by atoms with Gasteiger partial charge < -0.3 is 19.1 Å². The van der Waals surface area contributed by atoms with E-state index in [9.17, 15) is 0 Å². The number of aryl methyl sites for hydroxylation is 1. The number of pyridine rings is 1.